The van der Waals surface area contributed by atoms with Crippen LogP contribution in [0.15, 0.2) is 0 Å². The Morgan fingerprint density at radius 1 is 1.04 bits per heavy atom. The normalized spacial score (nSPS) is 14.5. The van der Waals surface area contributed by atoms with Crippen LogP contribution in [0.2, 0.25) is 0 Å². The second-order valence-electron chi connectivity index (χ2n) is 8.06. The maximum Gasteiger partial charge on any atom is 0.326 e. The first-order valence-electron chi connectivity index (χ1n) is 9.95. The number of carboxylic acids is 1. The van der Waals surface area contributed by atoms with Gasteiger partial charge < -0.3 is 20.5 Å². The first-order chi connectivity index (χ1) is 12.9. The van der Waals surface area contributed by atoms with E-state index in [4.69, 9.17) is 4.74 Å². The number of hydrogen-bond donors (Lipinski definition) is 3. The summed E-state index contributed by atoms with van der Waals surface area (Å²) in [4.78, 5) is 47.7. The highest BCUT2D eigenvalue weighted by Crippen LogP contribution is 2.12. The van der Waals surface area contributed by atoms with Gasteiger partial charge in [-0.15, -0.1) is 0 Å². The largest absolute Gasteiger partial charge is 0.480 e. The summed E-state index contributed by atoms with van der Waals surface area (Å²) in [6.07, 6.45) is 2.07. The minimum Gasteiger partial charge on any atom is -0.480 e. The smallest absolute Gasteiger partial charge is 0.326 e. The van der Waals surface area contributed by atoms with Gasteiger partial charge in [0.05, 0.1) is 0 Å². The summed E-state index contributed by atoms with van der Waals surface area (Å²) in [5.41, 5.74) is -0.571. The maximum absolute atomic E-state index is 12.5. The summed E-state index contributed by atoms with van der Waals surface area (Å²) in [7, 11) is 0. The number of carboxylic acid groups (broad SMARTS) is 1. The predicted molar refractivity (Wildman–Crippen MR) is 106 cm³/mol. The Kier molecular flexibility index (Phi) is 11.4. The van der Waals surface area contributed by atoms with E-state index in [2.05, 4.69) is 10.6 Å². The fraction of sp³-hybridized carbons (Fsp3) is 0.800. The van der Waals surface area contributed by atoms with E-state index in [1.165, 1.54) is 0 Å². The lowest BCUT2D eigenvalue weighted by Crippen LogP contribution is -2.54. The molecule has 0 aromatic rings. The molecule has 0 radical (unpaired) electrons. The second-order valence-corrected chi connectivity index (χ2v) is 8.06. The van der Waals surface area contributed by atoms with E-state index in [1.54, 1.807) is 20.8 Å². The molecule has 2 unspecified atom stereocenters. The number of nitrogens with one attached hydrogen (secondary N) is 2. The van der Waals surface area contributed by atoms with Crippen LogP contribution in [0.3, 0.4) is 0 Å². The van der Waals surface area contributed by atoms with Crippen molar-refractivity contribution in [2.45, 2.75) is 97.8 Å². The predicted octanol–water partition coefficient (Wildman–Crippen LogP) is 2.40. The van der Waals surface area contributed by atoms with Crippen molar-refractivity contribution in [3.05, 3.63) is 0 Å². The van der Waals surface area contributed by atoms with Crippen LogP contribution in [0, 0.1) is 5.92 Å². The minimum atomic E-state index is -1.10. The Hall–Kier alpha value is -2.12. The molecule has 0 saturated carbocycles. The van der Waals surface area contributed by atoms with Gasteiger partial charge in [-0.3, -0.25) is 14.4 Å². The molecule has 0 aliphatic heterocycles. The average molecular weight is 401 g/mol. The molecule has 162 valence electrons. The van der Waals surface area contributed by atoms with Gasteiger partial charge in [-0.25, -0.2) is 4.79 Å². The number of carbonyl (C=O) groups is 4. The summed E-state index contributed by atoms with van der Waals surface area (Å²) < 4.78 is 5.19. The van der Waals surface area contributed by atoms with Crippen LogP contribution in [-0.2, 0) is 23.9 Å². The molecule has 0 aliphatic rings. The quantitative estimate of drug-likeness (QED) is 0.433. The zero-order valence-electron chi connectivity index (χ0n) is 18.0. The third kappa shape index (κ3) is 10.9. The van der Waals surface area contributed by atoms with E-state index in [0.29, 0.717) is 25.7 Å². The fourth-order valence-corrected chi connectivity index (χ4v) is 2.54. The summed E-state index contributed by atoms with van der Waals surface area (Å²) in [6, 6.07) is -1.80. The van der Waals surface area contributed by atoms with Crippen molar-refractivity contribution in [1.29, 1.82) is 0 Å². The third-order valence-electron chi connectivity index (χ3n) is 4.21. The number of amides is 2. The van der Waals surface area contributed by atoms with E-state index in [1.807, 2.05) is 20.8 Å². The van der Waals surface area contributed by atoms with Crippen molar-refractivity contribution >= 4 is 23.8 Å². The highest BCUT2D eigenvalue weighted by atomic mass is 16.6. The van der Waals surface area contributed by atoms with Gasteiger partial charge in [-0.2, -0.15) is 0 Å². The van der Waals surface area contributed by atoms with E-state index in [9.17, 15) is 24.3 Å². The van der Waals surface area contributed by atoms with Gasteiger partial charge in [0, 0.05) is 12.8 Å². The molecule has 3 N–H and O–H groups in total. The molecule has 0 aromatic heterocycles. The van der Waals surface area contributed by atoms with Crippen LogP contribution in [0.4, 0.5) is 0 Å². The number of carbonyl (C=O) groups excluding carboxylic acids is 3. The lowest BCUT2D eigenvalue weighted by atomic mass is 9.97. The van der Waals surface area contributed by atoms with Gasteiger partial charge in [0.1, 0.15) is 17.7 Å². The van der Waals surface area contributed by atoms with Gasteiger partial charge >= 0.3 is 11.9 Å². The first-order valence-corrected chi connectivity index (χ1v) is 9.95. The number of rotatable bonds is 12. The molecule has 3 atom stereocenters. The topological polar surface area (TPSA) is 122 Å². The maximum atomic E-state index is 12.5. The molecule has 2 amide bonds. The highest BCUT2D eigenvalue weighted by molar-refractivity contribution is 5.90. The Labute approximate surface area is 167 Å². The lowest BCUT2D eigenvalue weighted by Gasteiger charge is -2.25. The average Bonchev–Trinajstić information content (AvgIpc) is 2.56. The molecule has 0 spiro atoms. The first kappa shape index (κ1) is 25.9. The van der Waals surface area contributed by atoms with Gasteiger partial charge in [-0.1, -0.05) is 33.6 Å². The molecule has 0 heterocycles. The Morgan fingerprint density at radius 2 is 1.64 bits per heavy atom. The third-order valence-corrected chi connectivity index (χ3v) is 4.21. The van der Waals surface area contributed by atoms with Crippen molar-refractivity contribution in [2.24, 2.45) is 5.92 Å². The molecule has 8 nitrogen and oxygen atoms in total. The zero-order valence-corrected chi connectivity index (χ0v) is 18.0. The molecular weight excluding hydrogens is 364 g/mol. The Bertz CT molecular complexity index is 541. The lowest BCUT2D eigenvalue weighted by molar-refractivity contribution is -0.155. The SMILES string of the molecule is CCC[C@H](NC(=O)C(NC(=O)CCCC(=O)OC(C)(C)C)C(C)CC)C(=O)O. The van der Waals surface area contributed by atoms with Crippen molar-refractivity contribution in [3.63, 3.8) is 0 Å². The van der Waals surface area contributed by atoms with Crippen molar-refractivity contribution in [2.75, 3.05) is 0 Å². The molecule has 0 aromatic carbocycles. The van der Waals surface area contributed by atoms with E-state index < -0.39 is 29.6 Å². The molecule has 28 heavy (non-hydrogen) atoms. The number of ether oxygens (including phenoxy) is 1. The summed E-state index contributed by atoms with van der Waals surface area (Å²) in [6.45, 7) is 10.9. The van der Waals surface area contributed by atoms with Crippen LogP contribution in [0.1, 0.15) is 80.1 Å². The number of aliphatic carboxylic acids is 1. The fourth-order valence-electron chi connectivity index (χ4n) is 2.54. The summed E-state index contributed by atoms with van der Waals surface area (Å²) in [5.74, 6) is -2.49. The van der Waals surface area contributed by atoms with Crippen LogP contribution in [-0.4, -0.2) is 46.5 Å². The molecule has 0 saturated heterocycles. The van der Waals surface area contributed by atoms with E-state index in [-0.39, 0.29) is 30.6 Å². The van der Waals surface area contributed by atoms with Gasteiger partial charge in [0.15, 0.2) is 0 Å². The van der Waals surface area contributed by atoms with E-state index in [0.717, 1.165) is 0 Å². The number of hydrogen-bond acceptors (Lipinski definition) is 5. The van der Waals surface area contributed by atoms with Gasteiger partial charge in [0.2, 0.25) is 11.8 Å². The van der Waals surface area contributed by atoms with Gasteiger partial charge in [-0.05, 0) is 39.5 Å². The highest BCUT2D eigenvalue weighted by Gasteiger charge is 2.29. The van der Waals surface area contributed by atoms with Gasteiger partial charge in [0.25, 0.3) is 0 Å². The van der Waals surface area contributed by atoms with Crippen LogP contribution < -0.4 is 10.6 Å². The molecule has 8 heteroatoms. The van der Waals surface area contributed by atoms with Crippen LogP contribution in [0.5, 0.6) is 0 Å². The molecule has 0 rings (SSSR count). The Balaban J connectivity index is 4.74. The standard InChI is InChI=1S/C20H36N2O6/c1-7-10-14(19(26)27)21-18(25)17(13(3)8-2)22-15(23)11-9-12-16(24)28-20(4,5)6/h13-14,17H,7-12H2,1-6H3,(H,21,25)(H,22,23)(H,26,27)/t13?,14-,17?/m0/s1. The molecule has 0 bridgehead atoms. The summed E-state index contributed by atoms with van der Waals surface area (Å²) in [5, 5.41) is 14.4. The van der Waals surface area contributed by atoms with E-state index >= 15 is 0 Å². The van der Waals surface area contributed by atoms with Crippen LogP contribution >= 0.6 is 0 Å². The monoisotopic (exact) mass is 400 g/mol. The molecular formula is C20H36N2O6. The second kappa shape index (κ2) is 12.4. The Morgan fingerprint density at radius 3 is 2.11 bits per heavy atom. The molecule has 0 fully saturated rings. The van der Waals surface area contributed by atoms with Crippen molar-refractivity contribution < 1.29 is 29.0 Å². The minimum absolute atomic E-state index is 0.0801. The van der Waals surface area contributed by atoms with Crippen LogP contribution in [0.25, 0.3) is 0 Å². The van der Waals surface area contributed by atoms with Crippen molar-refractivity contribution in [1.82, 2.24) is 10.6 Å². The number of esters is 1. The summed E-state index contributed by atoms with van der Waals surface area (Å²) >= 11 is 0. The zero-order chi connectivity index (χ0) is 21.9. The molecule has 0 aliphatic carbocycles. The van der Waals surface area contributed by atoms with Crippen molar-refractivity contribution in [3.8, 4) is 0 Å².